The second-order valence-corrected chi connectivity index (χ2v) is 6.82. The number of benzene rings is 1. The molecular formula is C17H15N3O3. The average molecular weight is 309 g/mol. The number of nitrogens with zero attached hydrogens (tertiary/aromatic N) is 2. The Labute approximate surface area is 131 Å². The van der Waals surface area contributed by atoms with Crippen LogP contribution in [0.25, 0.3) is 10.9 Å². The lowest BCUT2D eigenvalue weighted by Gasteiger charge is -2.41. The first-order valence-electron chi connectivity index (χ1n) is 7.99. The molecule has 2 bridgehead atoms. The van der Waals surface area contributed by atoms with E-state index in [9.17, 15) is 14.4 Å². The Hall–Kier alpha value is -2.50. The quantitative estimate of drug-likeness (QED) is 0.812. The fourth-order valence-electron chi connectivity index (χ4n) is 4.71. The molecule has 1 aromatic heterocycles. The Morgan fingerprint density at radius 3 is 2.74 bits per heavy atom. The van der Waals surface area contributed by atoms with E-state index in [0.29, 0.717) is 12.1 Å². The summed E-state index contributed by atoms with van der Waals surface area (Å²) in [5, 5.41) is 7.68. The van der Waals surface area contributed by atoms with Gasteiger partial charge >= 0.3 is 0 Å². The van der Waals surface area contributed by atoms with E-state index in [-0.39, 0.29) is 35.4 Å². The predicted octanol–water partition coefficient (Wildman–Crippen LogP) is 1.67. The SMILES string of the molecule is O=C1CC2CCC1C1C(=O)N(c3ccc4[nH]ncc4c3)C(=O)C21. The van der Waals surface area contributed by atoms with E-state index in [0.717, 1.165) is 23.7 Å². The maximum atomic E-state index is 12.9. The summed E-state index contributed by atoms with van der Waals surface area (Å²) in [5.74, 6) is -1.14. The van der Waals surface area contributed by atoms with Gasteiger partial charge in [-0.1, -0.05) is 0 Å². The molecule has 116 valence electrons. The van der Waals surface area contributed by atoms with Gasteiger partial charge in [-0.2, -0.15) is 5.10 Å². The van der Waals surface area contributed by atoms with Gasteiger partial charge in [-0.3, -0.25) is 24.4 Å². The number of hydrogen-bond donors (Lipinski definition) is 1. The number of rotatable bonds is 1. The van der Waals surface area contributed by atoms with E-state index in [1.54, 1.807) is 18.3 Å². The number of aromatic nitrogens is 2. The smallest absolute Gasteiger partial charge is 0.238 e. The lowest BCUT2D eigenvalue weighted by molar-refractivity contribution is -0.143. The van der Waals surface area contributed by atoms with Gasteiger partial charge in [0, 0.05) is 17.7 Å². The van der Waals surface area contributed by atoms with Crippen LogP contribution >= 0.6 is 0 Å². The number of nitrogens with one attached hydrogen (secondary N) is 1. The summed E-state index contributed by atoms with van der Waals surface area (Å²) in [6.07, 6.45) is 3.76. The van der Waals surface area contributed by atoms with Crippen molar-refractivity contribution in [3.05, 3.63) is 24.4 Å². The standard InChI is InChI=1S/C17H15N3O3/c21-13-6-8-1-3-11(13)15-14(8)16(22)20(17(15)23)10-2-4-12-9(5-10)7-18-19-12/h2,4-5,7-8,11,14-15H,1,3,6H2,(H,18,19). The fourth-order valence-corrected chi connectivity index (χ4v) is 4.71. The van der Waals surface area contributed by atoms with Crippen molar-refractivity contribution in [2.45, 2.75) is 19.3 Å². The molecule has 1 aliphatic heterocycles. The number of Topliss-reactive ketones (excluding diaryl/α,β-unsaturated/α-hetero) is 1. The molecule has 4 fully saturated rings. The maximum absolute atomic E-state index is 12.9. The van der Waals surface area contributed by atoms with E-state index >= 15 is 0 Å². The van der Waals surface area contributed by atoms with Crippen LogP contribution in [0.4, 0.5) is 5.69 Å². The second-order valence-electron chi connectivity index (χ2n) is 6.82. The van der Waals surface area contributed by atoms with Gasteiger partial charge in [0.25, 0.3) is 0 Å². The molecule has 1 N–H and O–H groups in total. The molecule has 2 aromatic rings. The molecule has 1 aromatic carbocycles. The van der Waals surface area contributed by atoms with E-state index in [4.69, 9.17) is 0 Å². The maximum Gasteiger partial charge on any atom is 0.238 e. The van der Waals surface area contributed by atoms with Gasteiger partial charge in [0.05, 0.1) is 29.2 Å². The lowest BCUT2D eigenvalue weighted by atomic mass is 9.59. The Kier molecular flexibility index (Phi) is 2.42. The van der Waals surface area contributed by atoms with Crippen LogP contribution in [0.15, 0.2) is 24.4 Å². The van der Waals surface area contributed by atoms with Gasteiger partial charge in [-0.15, -0.1) is 0 Å². The number of amides is 2. The summed E-state index contributed by atoms with van der Waals surface area (Å²) in [4.78, 5) is 39.2. The first-order valence-corrected chi connectivity index (χ1v) is 7.99. The van der Waals surface area contributed by atoms with Crippen LogP contribution in [-0.4, -0.2) is 27.8 Å². The number of carbonyl (C=O) groups excluding carboxylic acids is 3. The first kappa shape index (κ1) is 13.0. The molecule has 6 nitrogen and oxygen atoms in total. The summed E-state index contributed by atoms with van der Waals surface area (Å²) in [5.41, 5.74) is 1.44. The van der Waals surface area contributed by atoms with Gasteiger partial charge < -0.3 is 0 Å². The normalized spacial score (nSPS) is 32.9. The molecule has 2 amide bonds. The van der Waals surface area contributed by atoms with Crippen LogP contribution in [0.5, 0.6) is 0 Å². The van der Waals surface area contributed by atoms with E-state index < -0.39 is 5.92 Å². The monoisotopic (exact) mass is 309 g/mol. The van der Waals surface area contributed by atoms with Crippen molar-refractivity contribution in [2.24, 2.45) is 23.7 Å². The van der Waals surface area contributed by atoms with Crippen molar-refractivity contribution in [1.29, 1.82) is 0 Å². The number of aromatic amines is 1. The van der Waals surface area contributed by atoms with Gasteiger partial charge in [-0.25, -0.2) is 0 Å². The third kappa shape index (κ3) is 1.58. The van der Waals surface area contributed by atoms with Crippen molar-refractivity contribution in [1.82, 2.24) is 10.2 Å². The number of imide groups is 1. The first-order chi connectivity index (χ1) is 11.1. The van der Waals surface area contributed by atoms with Gasteiger partial charge in [-0.05, 0) is 37.0 Å². The van der Waals surface area contributed by atoms with Crippen LogP contribution in [-0.2, 0) is 14.4 Å². The molecule has 1 saturated heterocycles. The zero-order chi connectivity index (χ0) is 15.7. The highest BCUT2D eigenvalue weighted by Gasteiger charge is 2.60. The molecule has 6 heteroatoms. The fraction of sp³-hybridized carbons (Fsp3) is 0.412. The number of carbonyl (C=O) groups is 3. The molecule has 0 spiro atoms. The predicted molar refractivity (Wildman–Crippen MR) is 81.4 cm³/mol. The Morgan fingerprint density at radius 1 is 1.09 bits per heavy atom. The zero-order valence-corrected chi connectivity index (χ0v) is 12.4. The molecule has 4 aliphatic rings. The lowest BCUT2D eigenvalue weighted by Crippen LogP contribution is -2.46. The van der Waals surface area contributed by atoms with E-state index in [1.807, 2.05) is 6.07 Å². The third-order valence-corrected chi connectivity index (χ3v) is 5.75. The van der Waals surface area contributed by atoms with Crippen molar-refractivity contribution in [2.75, 3.05) is 4.90 Å². The van der Waals surface area contributed by atoms with Crippen molar-refractivity contribution < 1.29 is 14.4 Å². The zero-order valence-electron chi connectivity index (χ0n) is 12.4. The highest BCUT2D eigenvalue weighted by molar-refractivity contribution is 6.24. The molecule has 3 saturated carbocycles. The summed E-state index contributed by atoms with van der Waals surface area (Å²) in [6, 6.07) is 5.38. The largest absolute Gasteiger partial charge is 0.299 e. The second kappa shape index (κ2) is 4.28. The van der Waals surface area contributed by atoms with Gasteiger partial charge in [0.15, 0.2) is 0 Å². The Bertz CT molecular complexity index is 871. The number of fused-ring (bicyclic) bond motifs is 3. The number of hydrogen-bond acceptors (Lipinski definition) is 4. The van der Waals surface area contributed by atoms with Crippen molar-refractivity contribution in [3.63, 3.8) is 0 Å². The van der Waals surface area contributed by atoms with Crippen LogP contribution in [0.1, 0.15) is 19.3 Å². The van der Waals surface area contributed by atoms with Crippen molar-refractivity contribution >= 4 is 34.2 Å². The van der Waals surface area contributed by atoms with Crippen molar-refractivity contribution in [3.8, 4) is 0 Å². The Balaban J connectivity index is 1.60. The molecule has 2 heterocycles. The molecule has 23 heavy (non-hydrogen) atoms. The van der Waals surface area contributed by atoms with Crippen LogP contribution in [0, 0.1) is 23.7 Å². The minimum absolute atomic E-state index is 0.0385. The highest BCUT2D eigenvalue weighted by Crippen LogP contribution is 2.52. The van der Waals surface area contributed by atoms with Crippen LogP contribution < -0.4 is 4.90 Å². The molecule has 4 atom stereocenters. The number of H-pyrrole nitrogens is 1. The van der Waals surface area contributed by atoms with Gasteiger partial charge in [0.1, 0.15) is 5.78 Å². The summed E-state index contributed by atoms with van der Waals surface area (Å²) >= 11 is 0. The molecular weight excluding hydrogens is 294 g/mol. The third-order valence-electron chi connectivity index (χ3n) is 5.75. The topological polar surface area (TPSA) is 83.1 Å². The number of ketones is 1. The van der Waals surface area contributed by atoms with Crippen LogP contribution in [0.2, 0.25) is 0 Å². The van der Waals surface area contributed by atoms with E-state index in [2.05, 4.69) is 10.2 Å². The van der Waals surface area contributed by atoms with Crippen LogP contribution in [0.3, 0.4) is 0 Å². The van der Waals surface area contributed by atoms with E-state index in [1.165, 1.54) is 4.90 Å². The summed E-state index contributed by atoms with van der Waals surface area (Å²) < 4.78 is 0. The average Bonchev–Trinajstić information content (AvgIpc) is 3.11. The minimum Gasteiger partial charge on any atom is -0.299 e. The van der Waals surface area contributed by atoms with Gasteiger partial charge in [0.2, 0.25) is 11.8 Å². The summed E-state index contributed by atoms with van der Waals surface area (Å²) in [7, 11) is 0. The highest BCUT2D eigenvalue weighted by atomic mass is 16.2. The molecule has 0 radical (unpaired) electrons. The molecule has 6 rings (SSSR count). The number of anilines is 1. The Morgan fingerprint density at radius 2 is 1.91 bits per heavy atom. The minimum atomic E-state index is -0.442. The summed E-state index contributed by atoms with van der Waals surface area (Å²) in [6.45, 7) is 0. The molecule has 3 aliphatic carbocycles. The molecule has 4 unspecified atom stereocenters.